The molecule has 2 aromatic heterocycles. The topological polar surface area (TPSA) is 130 Å². The molecule has 0 radical (unpaired) electrons. The summed E-state index contributed by atoms with van der Waals surface area (Å²) >= 11 is 0. The van der Waals surface area contributed by atoms with Crippen LogP contribution in [0.3, 0.4) is 0 Å². The predicted molar refractivity (Wildman–Crippen MR) is 94.0 cm³/mol. The molecule has 0 unspecified atom stereocenters. The highest BCUT2D eigenvalue weighted by Gasteiger charge is 2.17. The van der Waals surface area contributed by atoms with E-state index in [2.05, 4.69) is 9.97 Å². The van der Waals surface area contributed by atoms with Crippen LogP contribution in [0.5, 0.6) is 0 Å². The molecule has 3 aromatic rings. The van der Waals surface area contributed by atoms with Crippen LogP contribution >= 0.6 is 0 Å². The quantitative estimate of drug-likeness (QED) is 0.657. The number of benzene rings is 1. The highest BCUT2D eigenvalue weighted by atomic mass is 32.2. The van der Waals surface area contributed by atoms with E-state index in [0.29, 0.717) is 30.9 Å². The Balaban J connectivity index is 2.22. The van der Waals surface area contributed by atoms with E-state index < -0.39 is 21.4 Å². The molecule has 26 heavy (non-hydrogen) atoms. The summed E-state index contributed by atoms with van der Waals surface area (Å²) in [5.41, 5.74) is 0.0673. The number of aromatic amines is 1. The molecule has 9 nitrogen and oxygen atoms in total. The zero-order valence-corrected chi connectivity index (χ0v) is 15.0. The number of hydrogen-bond donors (Lipinski definition) is 1. The molecule has 0 atom stereocenters. The molecule has 0 spiro atoms. The smallest absolute Gasteiger partial charge is 0.332 e. The third-order valence-electron chi connectivity index (χ3n) is 4.04. The summed E-state index contributed by atoms with van der Waals surface area (Å²) in [4.78, 5) is 32.0. The molecule has 0 amide bonds. The van der Waals surface area contributed by atoms with Gasteiger partial charge in [0.05, 0.1) is 4.90 Å². The number of rotatable bonds is 5. The summed E-state index contributed by atoms with van der Waals surface area (Å²) in [6.45, 7) is 4.30. The van der Waals surface area contributed by atoms with Crippen LogP contribution in [-0.4, -0.2) is 32.1 Å². The monoisotopic (exact) mass is 377 g/mol. The minimum Gasteiger partial charge on any atom is -0.744 e. The molecule has 1 aromatic carbocycles. The number of H-pyrrole nitrogens is 1. The van der Waals surface area contributed by atoms with Crippen molar-refractivity contribution in [2.75, 3.05) is 0 Å². The number of nitrogens with zero attached hydrogens (tertiary/aromatic N) is 3. The fourth-order valence-electron chi connectivity index (χ4n) is 2.79. The lowest BCUT2D eigenvalue weighted by atomic mass is 10.2. The number of nitrogens with one attached hydrogen (secondary N) is 1. The van der Waals surface area contributed by atoms with Crippen LogP contribution in [0.2, 0.25) is 0 Å². The van der Waals surface area contributed by atoms with Crippen LogP contribution in [0.15, 0.2) is 38.8 Å². The molecule has 0 aliphatic carbocycles. The van der Waals surface area contributed by atoms with Crippen molar-refractivity contribution in [3.63, 3.8) is 0 Å². The Morgan fingerprint density at radius 3 is 2.31 bits per heavy atom. The maximum Gasteiger partial charge on any atom is 0.332 e. The summed E-state index contributed by atoms with van der Waals surface area (Å²) in [7, 11) is -4.54. The maximum atomic E-state index is 12.6. The van der Waals surface area contributed by atoms with Gasteiger partial charge in [-0.25, -0.2) is 18.2 Å². The van der Waals surface area contributed by atoms with E-state index in [0.717, 1.165) is 0 Å². The van der Waals surface area contributed by atoms with E-state index in [4.69, 9.17) is 0 Å². The number of imidazole rings is 1. The van der Waals surface area contributed by atoms with Crippen LogP contribution in [0.1, 0.15) is 20.3 Å². The first-order valence-electron chi connectivity index (χ1n) is 8.07. The molecule has 0 saturated heterocycles. The largest absolute Gasteiger partial charge is 0.744 e. The standard InChI is InChI=1S/C16H18N4O5S/c1-3-9-20-15(21)12-14(19(4-2)16(20)22)18-13(17-12)10-5-7-11(8-6-10)26(23,24)25/h5-8H,3-4,9H2,1-2H3,(H,17,18)(H,23,24,25)/p-1. The Morgan fingerprint density at radius 2 is 1.77 bits per heavy atom. The molecule has 1 N–H and O–H groups in total. The molecular formula is C16H17N4O5S-. The molecule has 3 rings (SSSR count). The number of aromatic nitrogens is 4. The Hall–Kier alpha value is -2.72. The maximum absolute atomic E-state index is 12.6. The SMILES string of the molecule is CCCn1c(=O)c2[nH]c(-c3ccc(S(=O)(=O)[O-])cc3)nc2n(CC)c1=O. The van der Waals surface area contributed by atoms with E-state index in [-0.39, 0.29) is 16.1 Å². The van der Waals surface area contributed by atoms with E-state index >= 15 is 0 Å². The van der Waals surface area contributed by atoms with Crippen LogP contribution in [0, 0.1) is 0 Å². The van der Waals surface area contributed by atoms with Crippen LogP contribution in [0.25, 0.3) is 22.6 Å². The van der Waals surface area contributed by atoms with Crippen molar-refractivity contribution < 1.29 is 13.0 Å². The van der Waals surface area contributed by atoms with E-state index in [1.54, 1.807) is 6.92 Å². The van der Waals surface area contributed by atoms with Crippen molar-refractivity contribution in [2.24, 2.45) is 0 Å². The molecular weight excluding hydrogens is 360 g/mol. The highest BCUT2D eigenvalue weighted by Crippen LogP contribution is 2.20. The van der Waals surface area contributed by atoms with Crippen LogP contribution in [0.4, 0.5) is 0 Å². The van der Waals surface area contributed by atoms with Crippen molar-refractivity contribution >= 4 is 21.3 Å². The number of fused-ring (bicyclic) bond motifs is 1. The van der Waals surface area contributed by atoms with Crippen LogP contribution in [-0.2, 0) is 23.2 Å². The van der Waals surface area contributed by atoms with Crippen molar-refractivity contribution in [3.8, 4) is 11.4 Å². The zero-order chi connectivity index (χ0) is 19.1. The number of hydrogen-bond acceptors (Lipinski definition) is 6. The van der Waals surface area contributed by atoms with Crippen LogP contribution < -0.4 is 11.2 Å². The summed E-state index contributed by atoms with van der Waals surface area (Å²) in [5, 5.41) is 0. The van der Waals surface area contributed by atoms with Gasteiger partial charge in [-0.2, -0.15) is 0 Å². The fourth-order valence-corrected chi connectivity index (χ4v) is 3.26. The third kappa shape index (κ3) is 2.97. The third-order valence-corrected chi connectivity index (χ3v) is 4.89. The van der Waals surface area contributed by atoms with Crippen molar-refractivity contribution in [2.45, 2.75) is 38.3 Å². The van der Waals surface area contributed by atoms with Crippen molar-refractivity contribution in [3.05, 3.63) is 45.1 Å². The van der Waals surface area contributed by atoms with Gasteiger partial charge in [0.25, 0.3) is 5.56 Å². The summed E-state index contributed by atoms with van der Waals surface area (Å²) < 4.78 is 35.6. The second-order valence-corrected chi connectivity index (χ2v) is 7.13. The van der Waals surface area contributed by atoms with Gasteiger partial charge in [0.1, 0.15) is 21.5 Å². The van der Waals surface area contributed by atoms with Gasteiger partial charge in [-0.15, -0.1) is 0 Å². The van der Waals surface area contributed by atoms with Gasteiger partial charge in [-0.1, -0.05) is 19.1 Å². The molecule has 10 heteroatoms. The number of aryl methyl sites for hydroxylation is 1. The molecule has 138 valence electrons. The van der Waals surface area contributed by atoms with Gasteiger partial charge in [0.15, 0.2) is 5.65 Å². The summed E-state index contributed by atoms with van der Waals surface area (Å²) in [6.07, 6.45) is 0.635. The first-order valence-corrected chi connectivity index (χ1v) is 9.48. The van der Waals surface area contributed by atoms with E-state index in [9.17, 15) is 22.6 Å². The van der Waals surface area contributed by atoms with E-state index in [1.165, 1.54) is 33.4 Å². The predicted octanol–water partition coefficient (Wildman–Crippen LogP) is 0.887. The van der Waals surface area contributed by atoms with Gasteiger partial charge >= 0.3 is 5.69 Å². The molecule has 0 fully saturated rings. The van der Waals surface area contributed by atoms with Gasteiger partial charge in [-0.3, -0.25) is 13.9 Å². The molecule has 0 saturated carbocycles. The minimum atomic E-state index is -4.54. The average molecular weight is 377 g/mol. The lowest BCUT2D eigenvalue weighted by Gasteiger charge is -2.08. The zero-order valence-electron chi connectivity index (χ0n) is 14.2. The van der Waals surface area contributed by atoms with Crippen molar-refractivity contribution in [1.29, 1.82) is 0 Å². The van der Waals surface area contributed by atoms with Gasteiger partial charge in [0.2, 0.25) is 0 Å². The van der Waals surface area contributed by atoms with Crippen molar-refractivity contribution in [1.82, 2.24) is 19.1 Å². The second-order valence-electron chi connectivity index (χ2n) is 5.75. The van der Waals surface area contributed by atoms with Gasteiger partial charge in [-0.05, 0) is 25.5 Å². The minimum absolute atomic E-state index is 0.204. The van der Waals surface area contributed by atoms with E-state index in [1.807, 2.05) is 6.92 Å². The normalized spacial score (nSPS) is 12.0. The highest BCUT2D eigenvalue weighted by molar-refractivity contribution is 7.85. The fraction of sp³-hybridized carbons (Fsp3) is 0.312. The molecule has 0 aliphatic rings. The Morgan fingerprint density at radius 1 is 1.12 bits per heavy atom. The second kappa shape index (κ2) is 6.54. The lowest BCUT2D eigenvalue weighted by Crippen LogP contribution is -2.39. The first-order chi connectivity index (χ1) is 12.3. The lowest BCUT2D eigenvalue weighted by molar-refractivity contribution is 0.463. The average Bonchev–Trinajstić information content (AvgIpc) is 3.04. The summed E-state index contributed by atoms with van der Waals surface area (Å²) in [5.74, 6) is 0.308. The first kappa shape index (κ1) is 18.1. The molecule has 0 aliphatic heterocycles. The van der Waals surface area contributed by atoms with Gasteiger partial charge in [0, 0.05) is 18.7 Å². The Bertz CT molecular complexity index is 1190. The summed E-state index contributed by atoms with van der Waals surface area (Å²) in [6, 6.07) is 5.18. The Kier molecular flexibility index (Phi) is 4.55. The molecule has 2 heterocycles. The van der Waals surface area contributed by atoms with Gasteiger partial charge < -0.3 is 9.54 Å². The Labute approximate surface area is 148 Å². The molecule has 0 bridgehead atoms.